The summed E-state index contributed by atoms with van der Waals surface area (Å²) in [5.41, 5.74) is 4.51. The molecule has 0 saturated heterocycles. The van der Waals surface area contributed by atoms with E-state index >= 15 is 0 Å². The number of carbonyl (C=O) groups excluding carboxylic acids is 1. The molecule has 1 atom stereocenters. The van der Waals surface area contributed by atoms with Gasteiger partial charge in [0.05, 0.1) is 0 Å². The second kappa shape index (κ2) is 7.62. The Morgan fingerprint density at radius 3 is 1.75 bits per heavy atom. The molecule has 3 aromatic carbocycles. The highest BCUT2D eigenvalue weighted by Gasteiger charge is 2.49. The summed E-state index contributed by atoms with van der Waals surface area (Å²) in [5.74, 6) is 0.286. The predicted octanol–water partition coefficient (Wildman–Crippen LogP) is 6.82. The Balaban J connectivity index is 1.76. The van der Waals surface area contributed by atoms with E-state index in [-0.39, 0.29) is 11.3 Å². The second-order valence-electron chi connectivity index (χ2n) is 7.38. The Bertz CT molecular complexity index is 933. The summed E-state index contributed by atoms with van der Waals surface area (Å²) >= 11 is 12.3. The van der Waals surface area contributed by atoms with Crippen LogP contribution in [0.5, 0.6) is 0 Å². The lowest BCUT2D eigenvalue weighted by Crippen LogP contribution is -2.43. The molecule has 4 rings (SSSR count). The largest absolute Gasteiger partial charge is 0.326 e. The van der Waals surface area contributed by atoms with E-state index < -0.39 is 0 Å². The SMILES string of the molecule is CC(=O)Nc1ccc(C2CCC2(c2ccc(Cl)cc2)c2ccc(Cl)cc2)cc1. The van der Waals surface area contributed by atoms with Gasteiger partial charge < -0.3 is 5.32 Å². The van der Waals surface area contributed by atoms with Gasteiger partial charge in [0, 0.05) is 28.1 Å². The van der Waals surface area contributed by atoms with E-state index in [9.17, 15) is 4.79 Å². The Morgan fingerprint density at radius 2 is 1.36 bits per heavy atom. The molecule has 1 aliphatic carbocycles. The van der Waals surface area contributed by atoms with Crippen LogP contribution in [0.4, 0.5) is 5.69 Å². The normalized spacial score (nSPS) is 17.6. The van der Waals surface area contributed by atoms with Crippen LogP contribution in [0, 0.1) is 0 Å². The molecule has 0 heterocycles. The predicted molar refractivity (Wildman–Crippen MR) is 116 cm³/mol. The number of benzene rings is 3. The van der Waals surface area contributed by atoms with Gasteiger partial charge in [-0.3, -0.25) is 4.79 Å². The van der Waals surface area contributed by atoms with Crippen molar-refractivity contribution in [1.82, 2.24) is 0 Å². The summed E-state index contributed by atoms with van der Waals surface area (Å²) in [6, 6.07) is 24.6. The number of anilines is 1. The average Bonchev–Trinajstić information content (AvgIpc) is 2.65. The van der Waals surface area contributed by atoms with Crippen LogP contribution in [0.2, 0.25) is 10.0 Å². The Morgan fingerprint density at radius 1 is 0.857 bits per heavy atom. The van der Waals surface area contributed by atoms with Crippen LogP contribution in [0.25, 0.3) is 0 Å². The van der Waals surface area contributed by atoms with Crippen LogP contribution < -0.4 is 5.32 Å². The third-order valence-corrected chi connectivity index (χ3v) is 6.28. The molecule has 0 spiro atoms. The molecule has 142 valence electrons. The summed E-state index contributed by atoms with van der Waals surface area (Å²) in [7, 11) is 0. The Hall–Kier alpha value is -2.29. The number of nitrogens with one attached hydrogen (secondary N) is 1. The third kappa shape index (κ3) is 3.43. The van der Waals surface area contributed by atoms with Crippen molar-refractivity contribution in [3.63, 3.8) is 0 Å². The number of rotatable bonds is 4. The molecule has 1 aliphatic rings. The van der Waals surface area contributed by atoms with Crippen LogP contribution in [-0.4, -0.2) is 5.91 Å². The van der Waals surface area contributed by atoms with Gasteiger partial charge in [0.1, 0.15) is 0 Å². The highest BCUT2D eigenvalue weighted by molar-refractivity contribution is 6.30. The fourth-order valence-electron chi connectivity index (χ4n) is 4.38. The van der Waals surface area contributed by atoms with E-state index in [4.69, 9.17) is 23.2 Å². The highest BCUT2D eigenvalue weighted by Crippen LogP contribution is 2.58. The van der Waals surface area contributed by atoms with Crippen molar-refractivity contribution in [1.29, 1.82) is 0 Å². The molecule has 0 aromatic heterocycles. The molecule has 1 unspecified atom stereocenters. The summed E-state index contributed by atoms with van der Waals surface area (Å²) in [4.78, 5) is 11.3. The Kier molecular flexibility index (Phi) is 5.18. The maximum absolute atomic E-state index is 11.3. The first kappa shape index (κ1) is 19.0. The lowest BCUT2D eigenvalue weighted by atomic mass is 9.52. The molecule has 0 radical (unpaired) electrons. The maximum atomic E-state index is 11.3. The highest BCUT2D eigenvalue weighted by atomic mass is 35.5. The first-order valence-corrected chi connectivity index (χ1v) is 10.1. The van der Waals surface area contributed by atoms with Gasteiger partial charge in [0.15, 0.2) is 0 Å². The van der Waals surface area contributed by atoms with Crippen molar-refractivity contribution in [2.24, 2.45) is 0 Å². The third-order valence-electron chi connectivity index (χ3n) is 5.77. The zero-order valence-corrected chi connectivity index (χ0v) is 17.1. The lowest BCUT2D eigenvalue weighted by molar-refractivity contribution is -0.114. The quantitative estimate of drug-likeness (QED) is 0.503. The van der Waals surface area contributed by atoms with E-state index in [2.05, 4.69) is 41.7 Å². The van der Waals surface area contributed by atoms with E-state index in [1.165, 1.54) is 23.6 Å². The topological polar surface area (TPSA) is 29.1 Å². The molecule has 0 aliphatic heterocycles. The molecular weight excluding hydrogens is 389 g/mol. The van der Waals surface area contributed by atoms with E-state index in [1.54, 1.807) is 0 Å². The summed E-state index contributed by atoms with van der Waals surface area (Å²) in [6.07, 6.45) is 2.17. The Labute approximate surface area is 175 Å². The van der Waals surface area contributed by atoms with Crippen molar-refractivity contribution in [2.45, 2.75) is 31.1 Å². The van der Waals surface area contributed by atoms with E-state index in [0.29, 0.717) is 5.92 Å². The number of hydrogen-bond donors (Lipinski definition) is 1. The zero-order valence-electron chi connectivity index (χ0n) is 15.6. The summed E-state index contributed by atoms with van der Waals surface area (Å²) in [6.45, 7) is 1.52. The molecular formula is C24H21Cl2NO. The van der Waals surface area contributed by atoms with Crippen LogP contribution in [0.15, 0.2) is 72.8 Å². The fraction of sp³-hybridized carbons (Fsp3) is 0.208. The van der Waals surface area contributed by atoms with Gasteiger partial charge in [-0.05, 0) is 71.8 Å². The van der Waals surface area contributed by atoms with Crippen molar-refractivity contribution >= 4 is 34.8 Å². The lowest BCUT2D eigenvalue weighted by Gasteiger charge is -2.51. The van der Waals surface area contributed by atoms with Crippen molar-refractivity contribution < 1.29 is 4.79 Å². The number of carbonyl (C=O) groups is 1. The number of amides is 1. The average molecular weight is 410 g/mol. The fourth-order valence-corrected chi connectivity index (χ4v) is 4.63. The van der Waals surface area contributed by atoms with Gasteiger partial charge in [-0.2, -0.15) is 0 Å². The molecule has 0 bridgehead atoms. The molecule has 1 N–H and O–H groups in total. The van der Waals surface area contributed by atoms with Gasteiger partial charge in [-0.1, -0.05) is 59.6 Å². The van der Waals surface area contributed by atoms with E-state index in [0.717, 1.165) is 28.6 Å². The summed E-state index contributed by atoms with van der Waals surface area (Å²) in [5, 5.41) is 4.32. The summed E-state index contributed by atoms with van der Waals surface area (Å²) < 4.78 is 0. The van der Waals surface area contributed by atoms with Gasteiger partial charge in [-0.25, -0.2) is 0 Å². The molecule has 28 heavy (non-hydrogen) atoms. The monoisotopic (exact) mass is 409 g/mol. The smallest absolute Gasteiger partial charge is 0.221 e. The number of halogens is 2. The van der Waals surface area contributed by atoms with Crippen molar-refractivity contribution in [3.8, 4) is 0 Å². The molecule has 1 amide bonds. The molecule has 1 fully saturated rings. The minimum atomic E-state index is -0.106. The van der Waals surface area contributed by atoms with Crippen LogP contribution in [0.1, 0.15) is 42.4 Å². The van der Waals surface area contributed by atoms with Gasteiger partial charge >= 0.3 is 0 Å². The standard InChI is InChI=1S/C24H21Cl2NO/c1-16(28)27-22-12-2-17(3-13-22)23-14-15-24(23,18-4-8-20(25)9-5-18)19-6-10-21(26)11-7-19/h2-13,23H,14-15H2,1H3,(H,27,28). The molecule has 2 nitrogen and oxygen atoms in total. The first-order chi connectivity index (χ1) is 13.5. The molecule has 1 saturated carbocycles. The van der Waals surface area contributed by atoms with Crippen LogP contribution in [-0.2, 0) is 10.2 Å². The van der Waals surface area contributed by atoms with Crippen LogP contribution >= 0.6 is 23.2 Å². The minimum Gasteiger partial charge on any atom is -0.326 e. The van der Waals surface area contributed by atoms with Crippen molar-refractivity contribution in [3.05, 3.63) is 99.5 Å². The van der Waals surface area contributed by atoms with Crippen molar-refractivity contribution in [2.75, 3.05) is 5.32 Å². The maximum Gasteiger partial charge on any atom is 0.221 e. The second-order valence-corrected chi connectivity index (χ2v) is 8.25. The van der Waals surface area contributed by atoms with Crippen LogP contribution in [0.3, 0.4) is 0 Å². The number of hydrogen-bond acceptors (Lipinski definition) is 1. The van der Waals surface area contributed by atoms with Gasteiger partial charge in [-0.15, -0.1) is 0 Å². The molecule has 4 heteroatoms. The minimum absolute atomic E-state index is 0.0620. The van der Waals surface area contributed by atoms with Gasteiger partial charge in [0.2, 0.25) is 5.91 Å². The first-order valence-electron chi connectivity index (χ1n) is 9.39. The van der Waals surface area contributed by atoms with E-state index in [1.807, 2.05) is 36.4 Å². The van der Waals surface area contributed by atoms with Gasteiger partial charge in [0.25, 0.3) is 0 Å². The zero-order chi connectivity index (χ0) is 19.7. The molecule has 3 aromatic rings.